The molecule has 5 nitrogen and oxygen atoms in total. The summed E-state index contributed by atoms with van der Waals surface area (Å²) < 4.78 is 38.2. The number of carbonyl (C=O) groups is 2. The van der Waals surface area contributed by atoms with Gasteiger partial charge >= 0.3 is 11.5 Å². The molecule has 0 radical (unpaired) electrons. The zero-order valence-corrected chi connectivity index (χ0v) is 24.8. The Kier molecular flexibility index (Phi) is 7.38. The zero-order valence-electron chi connectivity index (χ0n) is 22.4. The molecule has 3 aromatic rings. The minimum Gasteiger partial charge on any atom is -0.480 e. The van der Waals surface area contributed by atoms with Crippen LogP contribution in [0.25, 0.3) is 10.8 Å². The van der Waals surface area contributed by atoms with Gasteiger partial charge in [-0.05, 0) is 85.4 Å². The Bertz CT molecular complexity index is 1530. The molecular formula is C31H29Cl2F3N2O3S. The number of carboxylic acids is 1. The number of aliphatic carboxylic acids is 1. The van der Waals surface area contributed by atoms with E-state index in [4.69, 9.17) is 23.2 Å². The van der Waals surface area contributed by atoms with Crippen LogP contribution in [0.2, 0.25) is 0 Å². The Balaban J connectivity index is 1.28. The summed E-state index contributed by atoms with van der Waals surface area (Å²) in [5.41, 5.74) is -3.61. The molecule has 4 fully saturated rings. The van der Waals surface area contributed by atoms with E-state index in [9.17, 15) is 27.9 Å². The summed E-state index contributed by atoms with van der Waals surface area (Å²) in [6, 6.07) is 15.8. The summed E-state index contributed by atoms with van der Waals surface area (Å²) in [4.78, 5) is 25.5. The van der Waals surface area contributed by atoms with Gasteiger partial charge in [0.05, 0.1) is 11.3 Å². The van der Waals surface area contributed by atoms with Crippen LogP contribution in [-0.4, -0.2) is 38.3 Å². The Hall–Kier alpha value is -2.62. The molecule has 3 unspecified atom stereocenters. The van der Waals surface area contributed by atoms with Crippen LogP contribution in [0.4, 0.5) is 18.9 Å². The minimum atomic E-state index is -4.37. The van der Waals surface area contributed by atoms with E-state index in [0.717, 1.165) is 29.2 Å². The number of hydrogen-bond donors (Lipinski definition) is 3. The quantitative estimate of drug-likeness (QED) is 0.172. The molecule has 7 rings (SSSR count). The van der Waals surface area contributed by atoms with Crippen LogP contribution in [0.1, 0.15) is 54.4 Å². The first-order valence-electron chi connectivity index (χ1n) is 13.8. The van der Waals surface area contributed by atoms with Crippen molar-refractivity contribution >= 4 is 63.3 Å². The van der Waals surface area contributed by atoms with Crippen LogP contribution in [0.15, 0.2) is 65.6 Å². The predicted molar refractivity (Wildman–Crippen MR) is 159 cm³/mol. The second kappa shape index (κ2) is 10.5. The van der Waals surface area contributed by atoms with Gasteiger partial charge in [0.2, 0.25) is 0 Å². The fraction of sp³-hybridized carbons (Fsp3) is 0.419. The number of hydrogen-bond acceptors (Lipinski definition) is 4. The van der Waals surface area contributed by atoms with Crippen molar-refractivity contribution in [2.75, 3.05) is 5.32 Å². The van der Waals surface area contributed by atoms with Gasteiger partial charge < -0.3 is 15.7 Å². The van der Waals surface area contributed by atoms with E-state index in [1.807, 2.05) is 24.3 Å². The van der Waals surface area contributed by atoms with Crippen LogP contribution < -0.4 is 10.6 Å². The number of alkyl halides is 5. The molecule has 0 aliphatic heterocycles. The van der Waals surface area contributed by atoms with Crippen molar-refractivity contribution in [1.29, 1.82) is 0 Å². The molecule has 3 aromatic carbocycles. The van der Waals surface area contributed by atoms with Gasteiger partial charge in [0.15, 0.2) is 0 Å². The number of halogens is 5. The highest BCUT2D eigenvalue weighted by Crippen LogP contribution is 2.68. The molecule has 0 spiro atoms. The Labute approximate surface area is 255 Å². The van der Waals surface area contributed by atoms with Crippen molar-refractivity contribution in [3.05, 3.63) is 71.8 Å². The highest BCUT2D eigenvalue weighted by Gasteiger charge is 2.66. The highest BCUT2D eigenvalue weighted by molar-refractivity contribution is 8.00. The number of fused-ring (bicyclic) bond motifs is 1. The zero-order chi connectivity index (χ0) is 29.9. The largest absolute Gasteiger partial charge is 0.480 e. The molecule has 4 aliphatic rings. The summed E-state index contributed by atoms with van der Waals surface area (Å²) in [5, 5.41) is 18.2. The maximum atomic E-state index is 13.9. The second-order valence-electron chi connectivity index (χ2n) is 12.2. The number of benzene rings is 3. The van der Waals surface area contributed by atoms with Crippen LogP contribution in [0.5, 0.6) is 0 Å². The predicted octanol–water partition coefficient (Wildman–Crippen LogP) is 8.19. The summed E-state index contributed by atoms with van der Waals surface area (Å²) >= 11 is 13.8. The molecule has 0 aromatic heterocycles. The lowest BCUT2D eigenvalue weighted by Gasteiger charge is -2.64. The van der Waals surface area contributed by atoms with E-state index in [-0.39, 0.29) is 34.7 Å². The number of nitrogens with one attached hydrogen (secondary N) is 2. The molecule has 0 heterocycles. The fourth-order valence-corrected chi connectivity index (χ4v) is 10.0. The Morgan fingerprint density at radius 3 is 2.24 bits per heavy atom. The Morgan fingerprint density at radius 2 is 1.62 bits per heavy atom. The Morgan fingerprint density at radius 1 is 0.952 bits per heavy atom. The topological polar surface area (TPSA) is 78.4 Å². The molecule has 3 N–H and O–H groups in total. The first kappa shape index (κ1) is 29.5. The molecule has 4 saturated carbocycles. The van der Waals surface area contributed by atoms with Crippen LogP contribution in [0.3, 0.4) is 0 Å². The molecular weight excluding hydrogens is 608 g/mol. The molecule has 42 heavy (non-hydrogen) atoms. The average molecular weight is 638 g/mol. The van der Waals surface area contributed by atoms with Gasteiger partial charge in [0, 0.05) is 32.0 Å². The molecule has 0 saturated heterocycles. The number of anilines is 1. The van der Waals surface area contributed by atoms with Crippen LogP contribution in [-0.2, 0) is 11.3 Å². The molecule has 4 aliphatic carbocycles. The average Bonchev–Trinajstić information content (AvgIpc) is 2.87. The number of thioether (sulfide) groups is 1. The van der Waals surface area contributed by atoms with Gasteiger partial charge in [0.25, 0.3) is 5.91 Å². The molecule has 11 heteroatoms. The highest BCUT2D eigenvalue weighted by atomic mass is 35.5. The maximum absolute atomic E-state index is 13.9. The molecule has 3 atom stereocenters. The summed E-state index contributed by atoms with van der Waals surface area (Å²) in [6.07, 6.45) is 3.86. The third kappa shape index (κ3) is 5.80. The van der Waals surface area contributed by atoms with Crippen LogP contribution in [0, 0.1) is 11.3 Å². The van der Waals surface area contributed by atoms with E-state index in [1.54, 1.807) is 24.3 Å². The first-order chi connectivity index (χ1) is 19.8. The van der Waals surface area contributed by atoms with Crippen molar-refractivity contribution in [2.45, 2.75) is 71.3 Å². The van der Waals surface area contributed by atoms with Gasteiger partial charge in [-0.15, -0.1) is 23.2 Å². The third-order valence-electron chi connectivity index (χ3n) is 8.91. The molecule has 1 amide bonds. The van der Waals surface area contributed by atoms with E-state index in [1.165, 1.54) is 12.1 Å². The summed E-state index contributed by atoms with van der Waals surface area (Å²) in [5.74, 6) is -1.43. The first-order valence-corrected chi connectivity index (χ1v) is 15.3. The van der Waals surface area contributed by atoms with Gasteiger partial charge in [0.1, 0.15) is 6.04 Å². The number of amides is 1. The summed E-state index contributed by atoms with van der Waals surface area (Å²) in [6.45, 7) is 0.239. The number of carbonyl (C=O) groups excluding carboxylic acids is 1. The van der Waals surface area contributed by atoms with Crippen molar-refractivity contribution in [3.63, 3.8) is 0 Å². The van der Waals surface area contributed by atoms with Gasteiger partial charge in [-0.1, -0.05) is 42.5 Å². The fourth-order valence-electron chi connectivity index (χ4n) is 7.93. The van der Waals surface area contributed by atoms with Gasteiger partial charge in [-0.2, -0.15) is 13.2 Å². The van der Waals surface area contributed by atoms with Gasteiger partial charge in [-0.3, -0.25) is 4.79 Å². The SMILES string of the molecule is O=C(NC(C(=O)O)C12CC3CC(Cl)(CC(Cl)(C3)C1)C2)c1ccc2ccccc2c1NCc1ccc(SC(F)(F)F)cc1. The lowest BCUT2D eigenvalue weighted by molar-refractivity contribution is -0.148. The van der Waals surface area contributed by atoms with Crippen molar-refractivity contribution in [3.8, 4) is 0 Å². The smallest absolute Gasteiger partial charge is 0.446 e. The second-order valence-corrected chi connectivity index (χ2v) is 14.9. The van der Waals surface area contributed by atoms with Gasteiger partial charge in [-0.25, -0.2) is 4.79 Å². The van der Waals surface area contributed by atoms with E-state index in [2.05, 4.69) is 10.6 Å². The van der Waals surface area contributed by atoms with E-state index in [0.29, 0.717) is 31.4 Å². The third-order valence-corrected chi connectivity index (χ3v) is 10.5. The number of rotatable bonds is 8. The van der Waals surface area contributed by atoms with Crippen molar-refractivity contribution in [1.82, 2.24) is 5.32 Å². The normalized spacial score (nSPS) is 28.9. The number of carboxylic acid groups (broad SMARTS) is 1. The lowest BCUT2D eigenvalue weighted by atomic mass is 9.47. The minimum absolute atomic E-state index is 0.0818. The molecule has 4 bridgehead atoms. The van der Waals surface area contributed by atoms with Crippen LogP contribution >= 0.6 is 35.0 Å². The monoisotopic (exact) mass is 636 g/mol. The van der Waals surface area contributed by atoms with E-state index < -0.39 is 38.6 Å². The summed E-state index contributed by atoms with van der Waals surface area (Å²) in [7, 11) is 0. The molecule has 222 valence electrons. The maximum Gasteiger partial charge on any atom is 0.446 e. The lowest BCUT2D eigenvalue weighted by Crippen LogP contribution is -2.66. The van der Waals surface area contributed by atoms with Crippen molar-refractivity contribution in [2.24, 2.45) is 11.3 Å². The van der Waals surface area contributed by atoms with E-state index >= 15 is 0 Å². The standard InChI is InChI=1S/C31H29Cl2F3N2O3S/c32-29-12-19-11-28(15-29,16-30(33,13-19)17-29)25(27(40)41)38-26(39)23-10-7-20-3-1-2-4-22(20)24(23)37-14-18-5-8-21(9-6-18)42-31(34,35)36/h1-10,19,25,37H,11-17H2,(H,38,39)(H,40,41). The van der Waals surface area contributed by atoms with Crippen molar-refractivity contribution < 1.29 is 27.9 Å².